The first-order valence-electron chi connectivity index (χ1n) is 6.61. The van der Waals surface area contributed by atoms with Crippen molar-refractivity contribution >= 4 is 21.5 Å². The fraction of sp³-hybridized carbons (Fsp3) is 0.467. The number of allylic oxidation sites excluding steroid dienone is 1. The van der Waals surface area contributed by atoms with Crippen LogP contribution < -0.4 is 5.32 Å². The summed E-state index contributed by atoms with van der Waals surface area (Å²) in [5.41, 5.74) is 2.69. The van der Waals surface area contributed by atoms with Gasteiger partial charge in [-0.2, -0.15) is 0 Å². The molecule has 0 bridgehead atoms. The maximum atomic E-state index is 3.47. The van der Waals surface area contributed by atoms with Crippen LogP contribution in [0.25, 0.3) is 5.57 Å². The third kappa shape index (κ3) is 4.23. The topological polar surface area (TPSA) is 15.3 Å². The van der Waals surface area contributed by atoms with Crippen LogP contribution in [-0.2, 0) is 0 Å². The molecule has 0 atom stereocenters. The Labute approximate surface area is 118 Å². The van der Waals surface area contributed by atoms with Gasteiger partial charge in [0.05, 0.1) is 0 Å². The fourth-order valence-corrected chi connectivity index (χ4v) is 2.49. The third-order valence-electron chi connectivity index (χ3n) is 3.41. The zero-order valence-electron chi connectivity index (χ0n) is 11.0. The van der Waals surface area contributed by atoms with Gasteiger partial charge in [-0.1, -0.05) is 34.1 Å². The summed E-state index contributed by atoms with van der Waals surface area (Å²) in [7, 11) is 0. The van der Waals surface area contributed by atoms with E-state index in [1.807, 2.05) is 0 Å². The summed E-state index contributed by atoms with van der Waals surface area (Å²) in [5.74, 6) is 0. The number of hydrogen-bond donors (Lipinski definition) is 1. The van der Waals surface area contributed by atoms with Gasteiger partial charge in [0.1, 0.15) is 0 Å². The van der Waals surface area contributed by atoms with Crippen LogP contribution in [0.15, 0.2) is 34.8 Å². The summed E-state index contributed by atoms with van der Waals surface area (Å²) in [4.78, 5) is 2.53. The van der Waals surface area contributed by atoms with Gasteiger partial charge < -0.3 is 10.2 Å². The number of piperazine rings is 1. The van der Waals surface area contributed by atoms with Crippen molar-refractivity contribution in [2.45, 2.75) is 13.3 Å². The van der Waals surface area contributed by atoms with Gasteiger partial charge >= 0.3 is 0 Å². The summed E-state index contributed by atoms with van der Waals surface area (Å²) >= 11 is 3.47. The number of benzene rings is 1. The second-order valence-electron chi connectivity index (χ2n) is 4.77. The Bertz CT molecular complexity index is 391. The predicted octanol–water partition coefficient (Wildman–Crippen LogP) is 3.15. The molecule has 98 valence electrons. The molecule has 1 heterocycles. The van der Waals surface area contributed by atoms with Crippen LogP contribution in [0.3, 0.4) is 0 Å². The monoisotopic (exact) mass is 308 g/mol. The summed E-state index contributed by atoms with van der Waals surface area (Å²) in [6.45, 7) is 8.01. The number of nitrogens with zero attached hydrogens (tertiary/aromatic N) is 1. The van der Waals surface area contributed by atoms with E-state index in [0.29, 0.717) is 0 Å². The quantitative estimate of drug-likeness (QED) is 0.919. The van der Waals surface area contributed by atoms with Crippen molar-refractivity contribution in [3.63, 3.8) is 0 Å². The zero-order valence-corrected chi connectivity index (χ0v) is 12.5. The minimum Gasteiger partial charge on any atom is -0.314 e. The van der Waals surface area contributed by atoms with E-state index in [0.717, 1.165) is 24.0 Å². The molecule has 0 saturated carbocycles. The van der Waals surface area contributed by atoms with Gasteiger partial charge in [-0.3, -0.25) is 0 Å². The van der Waals surface area contributed by atoms with Gasteiger partial charge in [-0.15, -0.1) is 0 Å². The van der Waals surface area contributed by atoms with E-state index in [-0.39, 0.29) is 0 Å². The molecule has 18 heavy (non-hydrogen) atoms. The molecule has 2 nitrogen and oxygen atoms in total. The first-order valence-corrected chi connectivity index (χ1v) is 7.41. The Hall–Kier alpha value is -0.640. The molecule has 2 rings (SSSR count). The molecule has 0 amide bonds. The molecule has 1 aliphatic rings. The lowest BCUT2D eigenvalue weighted by Gasteiger charge is -2.26. The average Bonchev–Trinajstić information content (AvgIpc) is 2.40. The molecule has 0 spiro atoms. The molecule has 1 aromatic carbocycles. The summed E-state index contributed by atoms with van der Waals surface area (Å²) in [6.07, 6.45) is 3.49. The molecule has 0 radical (unpaired) electrons. The Morgan fingerprint density at radius 3 is 2.61 bits per heavy atom. The highest BCUT2D eigenvalue weighted by atomic mass is 79.9. The van der Waals surface area contributed by atoms with Gasteiger partial charge in [0.25, 0.3) is 0 Å². The molecule has 1 saturated heterocycles. The zero-order chi connectivity index (χ0) is 12.8. The van der Waals surface area contributed by atoms with E-state index in [1.165, 1.54) is 30.8 Å². The van der Waals surface area contributed by atoms with Crippen molar-refractivity contribution in [3.05, 3.63) is 40.4 Å². The Balaban J connectivity index is 1.82. The Morgan fingerprint density at radius 2 is 1.94 bits per heavy atom. The van der Waals surface area contributed by atoms with Gasteiger partial charge in [0, 0.05) is 37.2 Å². The highest BCUT2D eigenvalue weighted by molar-refractivity contribution is 9.10. The van der Waals surface area contributed by atoms with E-state index >= 15 is 0 Å². The molecular weight excluding hydrogens is 288 g/mol. The lowest BCUT2D eigenvalue weighted by Crippen LogP contribution is -2.43. The van der Waals surface area contributed by atoms with E-state index in [9.17, 15) is 0 Å². The van der Waals surface area contributed by atoms with E-state index in [2.05, 4.69) is 63.4 Å². The molecule has 3 heteroatoms. The van der Waals surface area contributed by atoms with Crippen molar-refractivity contribution in [2.24, 2.45) is 0 Å². The molecule has 0 unspecified atom stereocenters. The maximum Gasteiger partial charge on any atom is 0.0175 e. The summed E-state index contributed by atoms with van der Waals surface area (Å²) in [6, 6.07) is 8.54. The number of rotatable bonds is 4. The van der Waals surface area contributed by atoms with Crippen LogP contribution in [0.4, 0.5) is 0 Å². The molecule has 1 aromatic rings. The molecule has 1 N–H and O–H groups in total. The van der Waals surface area contributed by atoms with Crippen LogP contribution >= 0.6 is 15.9 Å². The standard InChI is InChI=1S/C15H21BrN2/c1-13(14-4-6-15(16)7-5-14)3-2-10-18-11-8-17-9-12-18/h3-7,17H,2,8-12H2,1H3/b13-3+. The fourth-order valence-electron chi connectivity index (χ4n) is 2.23. The summed E-state index contributed by atoms with van der Waals surface area (Å²) in [5, 5.41) is 3.38. The van der Waals surface area contributed by atoms with Crippen LogP contribution in [-0.4, -0.2) is 37.6 Å². The Kier molecular flexibility index (Phi) is 5.42. The SMILES string of the molecule is C/C(=C\CCN1CCNCC1)c1ccc(Br)cc1. The number of hydrogen-bond acceptors (Lipinski definition) is 2. The smallest absolute Gasteiger partial charge is 0.0175 e. The third-order valence-corrected chi connectivity index (χ3v) is 3.93. The minimum atomic E-state index is 1.13. The van der Waals surface area contributed by atoms with Crippen molar-refractivity contribution in [1.29, 1.82) is 0 Å². The van der Waals surface area contributed by atoms with E-state index in [4.69, 9.17) is 0 Å². The highest BCUT2D eigenvalue weighted by Crippen LogP contribution is 2.17. The molecular formula is C15H21BrN2. The highest BCUT2D eigenvalue weighted by Gasteiger charge is 2.07. The molecule has 0 aliphatic carbocycles. The van der Waals surface area contributed by atoms with Crippen LogP contribution in [0.5, 0.6) is 0 Å². The van der Waals surface area contributed by atoms with E-state index < -0.39 is 0 Å². The van der Waals surface area contributed by atoms with Crippen LogP contribution in [0.2, 0.25) is 0 Å². The number of nitrogens with one attached hydrogen (secondary N) is 1. The van der Waals surface area contributed by atoms with Crippen LogP contribution in [0.1, 0.15) is 18.9 Å². The average molecular weight is 309 g/mol. The lowest BCUT2D eigenvalue weighted by molar-refractivity contribution is 0.245. The minimum absolute atomic E-state index is 1.13. The van der Waals surface area contributed by atoms with Gasteiger partial charge in [0.2, 0.25) is 0 Å². The Morgan fingerprint density at radius 1 is 1.28 bits per heavy atom. The molecule has 1 aliphatic heterocycles. The van der Waals surface area contributed by atoms with Crippen LogP contribution in [0, 0.1) is 0 Å². The van der Waals surface area contributed by atoms with Crippen molar-refractivity contribution in [3.8, 4) is 0 Å². The first-order chi connectivity index (χ1) is 8.75. The van der Waals surface area contributed by atoms with Crippen molar-refractivity contribution in [1.82, 2.24) is 10.2 Å². The largest absolute Gasteiger partial charge is 0.314 e. The van der Waals surface area contributed by atoms with Gasteiger partial charge in [-0.05, 0) is 36.6 Å². The second-order valence-corrected chi connectivity index (χ2v) is 5.69. The molecule has 1 fully saturated rings. The predicted molar refractivity (Wildman–Crippen MR) is 81.7 cm³/mol. The molecule has 0 aromatic heterocycles. The normalized spacial score (nSPS) is 18.0. The summed E-state index contributed by atoms with van der Waals surface area (Å²) < 4.78 is 1.14. The van der Waals surface area contributed by atoms with Crippen molar-refractivity contribution in [2.75, 3.05) is 32.7 Å². The van der Waals surface area contributed by atoms with Crippen molar-refractivity contribution < 1.29 is 0 Å². The maximum absolute atomic E-state index is 3.47. The first kappa shape index (κ1) is 13.8. The number of halogens is 1. The lowest BCUT2D eigenvalue weighted by atomic mass is 10.1. The second kappa shape index (κ2) is 7.07. The van der Waals surface area contributed by atoms with Gasteiger partial charge in [-0.25, -0.2) is 0 Å². The van der Waals surface area contributed by atoms with E-state index in [1.54, 1.807) is 0 Å². The van der Waals surface area contributed by atoms with Gasteiger partial charge in [0.15, 0.2) is 0 Å².